The molecule has 1 aromatic heterocycles. The highest BCUT2D eigenvalue weighted by Crippen LogP contribution is 2.20. The van der Waals surface area contributed by atoms with E-state index in [0.717, 1.165) is 11.1 Å². The number of ether oxygens (including phenoxy) is 2. The summed E-state index contributed by atoms with van der Waals surface area (Å²) < 4.78 is 10.4. The maximum atomic E-state index is 11.8. The molecule has 0 bridgehead atoms. The van der Waals surface area contributed by atoms with Gasteiger partial charge in [0.2, 0.25) is 0 Å². The van der Waals surface area contributed by atoms with Crippen molar-refractivity contribution in [2.45, 2.75) is 12.7 Å². The second-order valence-electron chi connectivity index (χ2n) is 3.98. The van der Waals surface area contributed by atoms with Crippen LogP contribution in [0.5, 0.6) is 0 Å². The van der Waals surface area contributed by atoms with E-state index in [0.29, 0.717) is 6.61 Å². The second-order valence-corrected chi connectivity index (χ2v) is 3.98. The Kier molecular flexibility index (Phi) is 4.64. The lowest BCUT2D eigenvalue weighted by Crippen LogP contribution is -2.17. The SMILES string of the molecule is COC(=O)C(OCc1ccncc1)c1ccccc1. The fourth-order valence-electron chi connectivity index (χ4n) is 1.69. The number of carbonyl (C=O) groups is 1. The van der Waals surface area contributed by atoms with Crippen LogP contribution in [0.1, 0.15) is 17.2 Å². The number of hydrogen-bond donors (Lipinski definition) is 0. The summed E-state index contributed by atoms with van der Waals surface area (Å²) in [5, 5.41) is 0. The average molecular weight is 257 g/mol. The van der Waals surface area contributed by atoms with E-state index in [1.54, 1.807) is 12.4 Å². The highest BCUT2D eigenvalue weighted by atomic mass is 16.6. The zero-order valence-corrected chi connectivity index (χ0v) is 10.7. The van der Waals surface area contributed by atoms with E-state index in [9.17, 15) is 4.79 Å². The van der Waals surface area contributed by atoms with Crippen molar-refractivity contribution in [3.8, 4) is 0 Å². The third-order valence-corrected chi connectivity index (χ3v) is 2.68. The molecule has 0 radical (unpaired) electrons. The first kappa shape index (κ1) is 13.2. The molecule has 1 heterocycles. The molecule has 1 unspecified atom stereocenters. The number of hydrogen-bond acceptors (Lipinski definition) is 4. The largest absolute Gasteiger partial charge is 0.467 e. The number of pyridine rings is 1. The van der Waals surface area contributed by atoms with Gasteiger partial charge < -0.3 is 9.47 Å². The number of carbonyl (C=O) groups excluding carboxylic acids is 1. The molecule has 1 aromatic carbocycles. The van der Waals surface area contributed by atoms with Gasteiger partial charge in [-0.05, 0) is 23.3 Å². The summed E-state index contributed by atoms with van der Waals surface area (Å²) in [7, 11) is 1.36. The molecule has 4 nitrogen and oxygen atoms in total. The third kappa shape index (κ3) is 3.63. The summed E-state index contributed by atoms with van der Waals surface area (Å²) in [6.45, 7) is 0.331. The third-order valence-electron chi connectivity index (χ3n) is 2.68. The predicted molar refractivity (Wildman–Crippen MR) is 70.2 cm³/mol. The fraction of sp³-hybridized carbons (Fsp3) is 0.200. The zero-order chi connectivity index (χ0) is 13.5. The van der Waals surface area contributed by atoms with Crippen LogP contribution in [0.15, 0.2) is 54.9 Å². The predicted octanol–water partition coefficient (Wildman–Crippen LogP) is 2.51. The number of nitrogens with zero attached hydrogens (tertiary/aromatic N) is 1. The number of aromatic nitrogens is 1. The summed E-state index contributed by atoms with van der Waals surface area (Å²) >= 11 is 0. The molecule has 0 aliphatic rings. The molecule has 0 aliphatic carbocycles. The number of esters is 1. The van der Waals surface area contributed by atoms with E-state index in [4.69, 9.17) is 9.47 Å². The molecule has 0 saturated carbocycles. The van der Waals surface area contributed by atoms with Gasteiger partial charge in [0.25, 0.3) is 0 Å². The van der Waals surface area contributed by atoms with Crippen molar-refractivity contribution in [1.29, 1.82) is 0 Å². The Hall–Kier alpha value is -2.20. The molecule has 0 spiro atoms. The van der Waals surface area contributed by atoms with Crippen LogP contribution in [0, 0.1) is 0 Å². The molecular weight excluding hydrogens is 242 g/mol. The first-order valence-electron chi connectivity index (χ1n) is 5.94. The zero-order valence-electron chi connectivity index (χ0n) is 10.7. The molecule has 0 amide bonds. The Labute approximate surface area is 112 Å². The maximum absolute atomic E-state index is 11.8. The summed E-state index contributed by atoms with van der Waals surface area (Å²) in [6, 6.07) is 13.0. The summed E-state index contributed by atoms with van der Waals surface area (Å²) in [6.07, 6.45) is 2.67. The fourth-order valence-corrected chi connectivity index (χ4v) is 1.69. The molecule has 19 heavy (non-hydrogen) atoms. The molecule has 1 atom stereocenters. The molecular formula is C15H15NO3. The van der Waals surface area contributed by atoms with Crippen molar-refractivity contribution >= 4 is 5.97 Å². The molecule has 4 heteroatoms. The second kappa shape index (κ2) is 6.66. The first-order chi connectivity index (χ1) is 9.31. The van der Waals surface area contributed by atoms with E-state index in [1.807, 2.05) is 42.5 Å². The van der Waals surface area contributed by atoms with Gasteiger partial charge in [-0.25, -0.2) is 4.79 Å². The van der Waals surface area contributed by atoms with Crippen LogP contribution in [-0.4, -0.2) is 18.1 Å². The van der Waals surface area contributed by atoms with Crippen LogP contribution in [0.3, 0.4) is 0 Å². The van der Waals surface area contributed by atoms with Gasteiger partial charge in [0.1, 0.15) is 0 Å². The van der Waals surface area contributed by atoms with E-state index in [-0.39, 0.29) is 0 Å². The quantitative estimate of drug-likeness (QED) is 0.772. The number of methoxy groups -OCH3 is 1. The van der Waals surface area contributed by atoms with E-state index < -0.39 is 12.1 Å². The van der Waals surface area contributed by atoms with Crippen LogP contribution in [0.2, 0.25) is 0 Å². The first-order valence-corrected chi connectivity index (χ1v) is 5.94. The Morgan fingerprint density at radius 1 is 1.16 bits per heavy atom. The van der Waals surface area contributed by atoms with Crippen molar-refractivity contribution in [3.63, 3.8) is 0 Å². The Bertz CT molecular complexity index is 513. The monoisotopic (exact) mass is 257 g/mol. The van der Waals surface area contributed by atoms with Gasteiger partial charge in [-0.15, -0.1) is 0 Å². The Morgan fingerprint density at radius 2 is 1.84 bits per heavy atom. The van der Waals surface area contributed by atoms with Gasteiger partial charge in [0.15, 0.2) is 6.10 Å². The molecule has 2 rings (SSSR count). The average Bonchev–Trinajstić information content (AvgIpc) is 2.49. The van der Waals surface area contributed by atoms with Crippen molar-refractivity contribution in [2.75, 3.05) is 7.11 Å². The topological polar surface area (TPSA) is 48.4 Å². The van der Waals surface area contributed by atoms with Crippen LogP contribution in [0.25, 0.3) is 0 Å². The van der Waals surface area contributed by atoms with Crippen molar-refractivity contribution in [1.82, 2.24) is 4.98 Å². The minimum Gasteiger partial charge on any atom is -0.467 e. The number of benzene rings is 1. The van der Waals surface area contributed by atoms with Gasteiger partial charge in [-0.3, -0.25) is 4.98 Å². The Morgan fingerprint density at radius 3 is 2.47 bits per heavy atom. The van der Waals surface area contributed by atoms with Crippen molar-refractivity contribution in [2.24, 2.45) is 0 Å². The minimum atomic E-state index is -0.709. The molecule has 0 N–H and O–H groups in total. The maximum Gasteiger partial charge on any atom is 0.339 e. The number of rotatable bonds is 5. The van der Waals surface area contributed by atoms with Crippen LogP contribution in [0.4, 0.5) is 0 Å². The van der Waals surface area contributed by atoms with Crippen molar-refractivity contribution < 1.29 is 14.3 Å². The standard InChI is InChI=1S/C15H15NO3/c1-18-15(17)14(13-5-3-2-4-6-13)19-11-12-7-9-16-10-8-12/h2-10,14H,11H2,1H3. The highest BCUT2D eigenvalue weighted by Gasteiger charge is 2.21. The summed E-state index contributed by atoms with van der Waals surface area (Å²) in [5.74, 6) is -0.403. The molecule has 0 fully saturated rings. The van der Waals surface area contributed by atoms with E-state index in [2.05, 4.69) is 4.98 Å². The van der Waals surface area contributed by atoms with Crippen LogP contribution in [-0.2, 0) is 20.9 Å². The van der Waals surface area contributed by atoms with Gasteiger partial charge >= 0.3 is 5.97 Å². The highest BCUT2D eigenvalue weighted by molar-refractivity contribution is 5.76. The van der Waals surface area contributed by atoms with E-state index >= 15 is 0 Å². The molecule has 98 valence electrons. The van der Waals surface area contributed by atoms with Gasteiger partial charge in [0, 0.05) is 12.4 Å². The normalized spacial score (nSPS) is 11.8. The lowest BCUT2D eigenvalue weighted by atomic mass is 10.1. The van der Waals surface area contributed by atoms with Gasteiger partial charge in [-0.1, -0.05) is 30.3 Å². The lowest BCUT2D eigenvalue weighted by Gasteiger charge is -2.16. The molecule has 2 aromatic rings. The van der Waals surface area contributed by atoms with Crippen LogP contribution >= 0.6 is 0 Å². The van der Waals surface area contributed by atoms with Crippen molar-refractivity contribution in [3.05, 3.63) is 66.0 Å². The van der Waals surface area contributed by atoms with Gasteiger partial charge in [-0.2, -0.15) is 0 Å². The summed E-state index contributed by atoms with van der Waals surface area (Å²) in [5.41, 5.74) is 1.74. The van der Waals surface area contributed by atoms with E-state index in [1.165, 1.54) is 7.11 Å². The Balaban J connectivity index is 2.09. The van der Waals surface area contributed by atoms with Gasteiger partial charge in [0.05, 0.1) is 13.7 Å². The smallest absolute Gasteiger partial charge is 0.339 e. The molecule has 0 aliphatic heterocycles. The summed E-state index contributed by atoms with van der Waals surface area (Å²) in [4.78, 5) is 15.7. The van der Waals surface area contributed by atoms with Crippen LogP contribution < -0.4 is 0 Å². The molecule has 0 saturated heterocycles. The lowest BCUT2D eigenvalue weighted by molar-refractivity contribution is -0.155. The minimum absolute atomic E-state index is 0.331.